The standard InChI is InChI=1S/C24H22N4O5/c1-12-9-13(2)20-16(10-12)24(23(31)25-20)19-18(17-7-4-8-26(17)24)21(29)27(22(19)30)14-5-3-6-15(11-14)28(32)33/h3,5-6,9-11,17-19H,4,7-8H2,1-2H3,(H,25,31)/t17-,18-,19+,24+/m1/s1. The molecule has 3 amide bonds. The summed E-state index contributed by atoms with van der Waals surface area (Å²) in [6.07, 6.45) is 1.56. The summed E-state index contributed by atoms with van der Waals surface area (Å²) >= 11 is 0. The molecule has 4 heterocycles. The van der Waals surface area contributed by atoms with E-state index in [0.717, 1.165) is 34.4 Å². The van der Waals surface area contributed by atoms with Crippen LogP contribution in [0.3, 0.4) is 0 Å². The van der Waals surface area contributed by atoms with Gasteiger partial charge in [-0.25, -0.2) is 4.90 Å². The van der Waals surface area contributed by atoms with E-state index in [9.17, 15) is 24.5 Å². The Labute approximate surface area is 189 Å². The second kappa shape index (κ2) is 6.48. The molecule has 168 valence electrons. The Hall–Kier alpha value is -3.59. The number of amides is 3. The van der Waals surface area contributed by atoms with E-state index < -0.39 is 28.2 Å². The van der Waals surface area contributed by atoms with Crippen LogP contribution < -0.4 is 10.2 Å². The summed E-state index contributed by atoms with van der Waals surface area (Å²) < 4.78 is 0. The van der Waals surface area contributed by atoms with Gasteiger partial charge < -0.3 is 5.32 Å². The molecule has 0 radical (unpaired) electrons. The van der Waals surface area contributed by atoms with Gasteiger partial charge in [-0.2, -0.15) is 0 Å². The van der Waals surface area contributed by atoms with Crippen LogP contribution in [-0.2, 0) is 19.9 Å². The molecule has 33 heavy (non-hydrogen) atoms. The molecule has 4 atom stereocenters. The molecule has 2 aromatic carbocycles. The first kappa shape index (κ1) is 20.0. The molecule has 3 saturated heterocycles. The smallest absolute Gasteiger partial charge is 0.271 e. The minimum Gasteiger partial charge on any atom is -0.324 e. The van der Waals surface area contributed by atoms with Gasteiger partial charge in [-0.05, 0) is 44.9 Å². The second-order valence-electron chi connectivity index (χ2n) is 9.42. The first-order valence-electron chi connectivity index (χ1n) is 11.1. The summed E-state index contributed by atoms with van der Waals surface area (Å²) in [6, 6.07) is 9.26. The van der Waals surface area contributed by atoms with Crippen molar-refractivity contribution in [2.75, 3.05) is 16.8 Å². The third-order valence-corrected chi connectivity index (χ3v) is 7.74. The number of hydrogen-bond acceptors (Lipinski definition) is 6. The van der Waals surface area contributed by atoms with Crippen molar-refractivity contribution in [3.63, 3.8) is 0 Å². The predicted molar refractivity (Wildman–Crippen MR) is 119 cm³/mol. The van der Waals surface area contributed by atoms with Crippen LogP contribution >= 0.6 is 0 Å². The summed E-state index contributed by atoms with van der Waals surface area (Å²) in [5.74, 6) is -2.67. The van der Waals surface area contributed by atoms with Crippen molar-refractivity contribution >= 4 is 34.8 Å². The lowest BCUT2D eigenvalue weighted by Crippen LogP contribution is -2.54. The van der Waals surface area contributed by atoms with Crippen LogP contribution in [0.25, 0.3) is 0 Å². The Bertz CT molecular complexity index is 1290. The number of non-ortho nitro benzene ring substituents is 1. The van der Waals surface area contributed by atoms with Crippen LogP contribution in [0.1, 0.15) is 29.5 Å². The van der Waals surface area contributed by atoms with Crippen LogP contribution in [0.4, 0.5) is 17.1 Å². The van der Waals surface area contributed by atoms with Gasteiger partial charge in [0.1, 0.15) is 5.54 Å². The maximum atomic E-state index is 13.9. The number of anilines is 2. The molecule has 1 spiro atoms. The fourth-order valence-electron chi connectivity index (χ4n) is 6.66. The first-order chi connectivity index (χ1) is 15.8. The van der Waals surface area contributed by atoms with Gasteiger partial charge in [0.2, 0.25) is 17.7 Å². The number of carbonyl (C=O) groups is 3. The van der Waals surface area contributed by atoms with Crippen LogP contribution in [0.15, 0.2) is 36.4 Å². The number of nitrogens with zero attached hydrogens (tertiary/aromatic N) is 3. The van der Waals surface area contributed by atoms with E-state index in [4.69, 9.17) is 0 Å². The van der Waals surface area contributed by atoms with Gasteiger partial charge in [-0.15, -0.1) is 0 Å². The molecule has 0 aliphatic carbocycles. The number of nitro groups is 1. The van der Waals surface area contributed by atoms with Crippen molar-refractivity contribution in [2.45, 2.75) is 38.3 Å². The number of carbonyl (C=O) groups excluding carboxylic acids is 3. The molecule has 4 aliphatic rings. The van der Waals surface area contributed by atoms with Crippen LogP contribution in [-0.4, -0.2) is 40.1 Å². The van der Waals surface area contributed by atoms with Gasteiger partial charge in [0.15, 0.2) is 0 Å². The largest absolute Gasteiger partial charge is 0.324 e. The molecule has 9 heteroatoms. The van der Waals surface area contributed by atoms with Crippen molar-refractivity contribution in [1.29, 1.82) is 0 Å². The minimum absolute atomic E-state index is 0.173. The fraction of sp³-hybridized carbons (Fsp3) is 0.375. The lowest BCUT2D eigenvalue weighted by atomic mass is 9.75. The highest BCUT2D eigenvalue weighted by Gasteiger charge is 2.74. The van der Waals surface area contributed by atoms with E-state index >= 15 is 0 Å². The highest BCUT2D eigenvalue weighted by molar-refractivity contribution is 6.26. The average molecular weight is 446 g/mol. The van der Waals surface area contributed by atoms with E-state index in [-0.39, 0.29) is 29.2 Å². The van der Waals surface area contributed by atoms with Gasteiger partial charge in [-0.3, -0.25) is 29.4 Å². The van der Waals surface area contributed by atoms with Crippen molar-refractivity contribution < 1.29 is 19.3 Å². The minimum atomic E-state index is -1.25. The van der Waals surface area contributed by atoms with Gasteiger partial charge in [0.25, 0.3) is 5.69 Å². The van der Waals surface area contributed by atoms with E-state index in [1.807, 2.05) is 26.0 Å². The van der Waals surface area contributed by atoms with Gasteiger partial charge >= 0.3 is 0 Å². The molecule has 1 N–H and O–H groups in total. The quantitative estimate of drug-likeness (QED) is 0.431. The number of benzene rings is 2. The number of hydrogen-bond donors (Lipinski definition) is 1. The summed E-state index contributed by atoms with van der Waals surface area (Å²) in [6.45, 7) is 4.51. The monoisotopic (exact) mass is 446 g/mol. The zero-order valence-electron chi connectivity index (χ0n) is 18.2. The zero-order chi connectivity index (χ0) is 23.2. The topological polar surface area (TPSA) is 113 Å². The Balaban J connectivity index is 1.55. The van der Waals surface area contributed by atoms with Crippen molar-refractivity contribution in [3.05, 3.63) is 63.2 Å². The fourth-order valence-corrected chi connectivity index (χ4v) is 6.66. The molecule has 9 nitrogen and oxygen atoms in total. The number of nitro benzene ring substituents is 1. The molecule has 3 fully saturated rings. The first-order valence-corrected chi connectivity index (χ1v) is 11.1. The lowest BCUT2D eigenvalue weighted by molar-refractivity contribution is -0.384. The molecule has 6 rings (SSSR count). The van der Waals surface area contributed by atoms with E-state index in [1.54, 1.807) is 0 Å². The number of rotatable bonds is 2. The van der Waals surface area contributed by atoms with Gasteiger partial charge in [0, 0.05) is 29.4 Å². The molecule has 0 bridgehead atoms. The SMILES string of the molecule is Cc1cc(C)c2c(c1)[C@@]1(C(=O)N2)[C@@H]2C(=O)N(c3cccc([N+](=O)[O-])c3)C(=O)[C@@H]2[C@H]2CCCN21. The molecule has 2 aromatic rings. The summed E-state index contributed by atoms with van der Waals surface area (Å²) in [7, 11) is 0. The van der Waals surface area contributed by atoms with Crippen molar-refractivity contribution in [3.8, 4) is 0 Å². The Morgan fingerprint density at radius 1 is 1.12 bits per heavy atom. The highest BCUT2D eigenvalue weighted by Crippen LogP contribution is 2.61. The summed E-state index contributed by atoms with van der Waals surface area (Å²) in [4.78, 5) is 55.2. The maximum absolute atomic E-state index is 13.9. The molecular weight excluding hydrogens is 424 g/mol. The molecular formula is C24H22N4O5. The zero-order valence-corrected chi connectivity index (χ0v) is 18.2. The predicted octanol–water partition coefficient (Wildman–Crippen LogP) is 2.64. The van der Waals surface area contributed by atoms with Gasteiger partial charge in [0.05, 0.1) is 22.4 Å². The Morgan fingerprint density at radius 2 is 1.91 bits per heavy atom. The normalized spacial score (nSPS) is 30.1. The molecule has 4 aliphatic heterocycles. The molecule has 0 saturated carbocycles. The average Bonchev–Trinajstić information content (AvgIpc) is 3.47. The number of aryl methyl sites for hydroxylation is 2. The van der Waals surface area contributed by atoms with Gasteiger partial charge in [-0.1, -0.05) is 23.8 Å². The third-order valence-electron chi connectivity index (χ3n) is 7.74. The van der Waals surface area contributed by atoms with E-state index in [1.165, 1.54) is 24.3 Å². The Morgan fingerprint density at radius 3 is 2.67 bits per heavy atom. The Kier molecular flexibility index (Phi) is 3.93. The number of imide groups is 1. The number of nitrogens with one attached hydrogen (secondary N) is 1. The van der Waals surface area contributed by atoms with Crippen molar-refractivity contribution in [1.82, 2.24) is 4.90 Å². The van der Waals surface area contributed by atoms with Crippen LogP contribution in [0.5, 0.6) is 0 Å². The van der Waals surface area contributed by atoms with Crippen LogP contribution in [0, 0.1) is 35.8 Å². The van der Waals surface area contributed by atoms with E-state index in [2.05, 4.69) is 10.2 Å². The third kappa shape index (κ3) is 2.32. The lowest BCUT2D eigenvalue weighted by Gasteiger charge is -2.36. The molecule has 0 aromatic heterocycles. The summed E-state index contributed by atoms with van der Waals surface area (Å²) in [5, 5.41) is 14.3. The highest BCUT2D eigenvalue weighted by atomic mass is 16.6. The van der Waals surface area contributed by atoms with Crippen molar-refractivity contribution in [2.24, 2.45) is 11.8 Å². The molecule has 0 unspecified atom stereocenters. The van der Waals surface area contributed by atoms with E-state index in [0.29, 0.717) is 12.2 Å². The maximum Gasteiger partial charge on any atom is 0.271 e. The second-order valence-corrected chi connectivity index (χ2v) is 9.42. The summed E-state index contributed by atoms with van der Waals surface area (Å²) in [5.41, 5.74) is 2.10. The van der Waals surface area contributed by atoms with Crippen LogP contribution in [0.2, 0.25) is 0 Å². The number of fused-ring (bicyclic) bond motifs is 7.